The fraction of sp³-hybridized carbons (Fsp3) is 0.520. The van der Waals surface area contributed by atoms with Crippen LogP contribution in [0.4, 0.5) is 5.95 Å². The molecular weight excluding hydrogens is 416 g/mol. The Hall–Kier alpha value is -3.16. The fourth-order valence-corrected chi connectivity index (χ4v) is 5.14. The summed E-state index contributed by atoms with van der Waals surface area (Å²) in [6.45, 7) is 1.52. The van der Waals surface area contributed by atoms with Gasteiger partial charge in [0.05, 0.1) is 30.6 Å². The molecule has 1 aliphatic carbocycles. The van der Waals surface area contributed by atoms with Gasteiger partial charge in [0.2, 0.25) is 11.9 Å². The van der Waals surface area contributed by atoms with Gasteiger partial charge in [-0.1, -0.05) is 19.3 Å². The lowest BCUT2D eigenvalue weighted by Crippen LogP contribution is -2.40. The van der Waals surface area contributed by atoms with Gasteiger partial charge in [0, 0.05) is 49.3 Å². The highest BCUT2D eigenvalue weighted by Gasteiger charge is 2.26. The molecule has 0 atom stereocenters. The zero-order valence-electron chi connectivity index (χ0n) is 19.5. The van der Waals surface area contributed by atoms with Crippen LogP contribution in [0.3, 0.4) is 0 Å². The zero-order valence-corrected chi connectivity index (χ0v) is 19.5. The zero-order chi connectivity index (χ0) is 22.8. The van der Waals surface area contributed by atoms with Gasteiger partial charge in [-0.3, -0.25) is 9.48 Å². The topological polar surface area (TPSA) is 85.2 Å². The number of nitrogens with one attached hydrogen (secondary N) is 1. The second-order valence-corrected chi connectivity index (χ2v) is 9.13. The van der Waals surface area contributed by atoms with Crippen LogP contribution in [-0.2, 0) is 4.79 Å². The van der Waals surface area contributed by atoms with Gasteiger partial charge in [0.1, 0.15) is 5.75 Å². The molecule has 3 heterocycles. The number of hydrogen-bond donors (Lipinski definition) is 1. The van der Waals surface area contributed by atoms with Crippen molar-refractivity contribution in [2.75, 3.05) is 32.1 Å². The van der Waals surface area contributed by atoms with Gasteiger partial charge < -0.3 is 15.0 Å². The maximum atomic E-state index is 12.0. The second-order valence-electron chi connectivity index (χ2n) is 9.13. The fourth-order valence-electron chi connectivity index (χ4n) is 5.14. The molecule has 1 amide bonds. The first kappa shape index (κ1) is 21.7. The van der Waals surface area contributed by atoms with Crippen LogP contribution >= 0.6 is 0 Å². The number of amides is 1. The summed E-state index contributed by atoms with van der Waals surface area (Å²) in [6.07, 6.45) is 11.9. The highest BCUT2D eigenvalue weighted by Crippen LogP contribution is 2.33. The highest BCUT2D eigenvalue weighted by atomic mass is 16.5. The largest absolute Gasteiger partial charge is 0.497 e. The van der Waals surface area contributed by atoms with Crippen molar-refractivity contribution in [3.05, 3.63) is 30.6 Å². The number of carbonyl (C=O) groups excluding carboxylic acids is 1. The Morgan fingerprint density at radius 1 is 1.09 bits per heavy atom. The average Bonchev–Trinajstić information content (AvgIpc) is 3.38. The molecule has 0 unspecified atom stereocenters. The van der Waals surface area contributed by atoms with Crippen LogP contribution in [0.5, 0.6) is 5.75 Å². The molecule has 2 aliphatic rings. The minimum atomic E-state index is 0.0556. The number of carbonyl (C=O) groups is 1. The average molecular weight is 449 g/mol. The Bertz CT molecular complexity index is 1130. The van der Waals surface area contributed by atoms with Gasteiger partial charge in [-0.25, -0.2) is 9.97 Å². The Labute approximate surface area is 194 Å². The molecule has 0 bridgehead atoms. The molecular formula is C25H32N6O2. The van der Waals surface area contributed by atoms with Crippen molar-refractivity contribution >= 4 is 22.8 Å². The molecule has 5 rings (SSSR count). The first-order valence-corrected chi connectivity index (χ1v) is 12.0. The number of fused-ring (bicyclic) bond motifs is 1. The highest BCUT2D eigenvalue weighted by molar-refractivity contribution is 5.93. The van der Waals surface area contributed by atoms with Gasteiger partial charge >= 0.3 is 0 Å². The van der Waals surface area contributed by atoms with Gasteiger partial charge in [0.25, 0.3) is 0 Å². The molecule has 0 spiro atoms. The standard InChI is InChI=1S/C25H32N6O2/c1-26-24(32)17-10-12-30(13-11-17)25-28-22-14-20(33-2)8-9-21(22)23(29-25)18-15-27-31(16-18)19-6-4-3-5-7-19/h8-9,14-17,19H,3-7,10-13H2,1-2H3,(H,26,32). The summed E-state index contributed by atoms with van der Waals surface area (Å²) >= 11 is 0. The van der Waals surface area contributed by atoms with E-state index in [1.807, 2.05) is 24.4 Å². The van der Waals surface area contributed by atoms with Crippen molar-refractivity contribution in [2.24, 2.45) is 5.92 Å². The summed E-state index contributed by atoms with van der Waals surface area (Å²) in [5.41, 5.74) is 2.76. The summed E-state index contributed by atoms with van der Waals surface area (Å²) in [5, 5.41) is 8.47. The molecule has 8 nitrogen and oxygen atoms in total. The smallest absolute Gasteiger partial charge is 0.226 e. The monoisotopic (exact) mass is 448 g/mol. The number of aromatic nitrogens is 4. The summed E-state index contributed by atoms with van der Waals surface area (Å²) in [7, 11) is 3.37. The number of nitrogens with zero attached hydrogens (tertiary/aromatic N) is 5. The van der Waals surface area contributed by atoms with Crippen LogP contribution in [0.2, 0.25) is 0 Å². The number of piperidine rings is 1. The normalized spacial score (nSPS) is 17.9. The molecule has 1 saturated carbocycles. The van der Waals surface area contributed by atoms with Crippen molar-refractivity contribution in [1.82, 2.24) is 25.1 Å². The minimum absolute atomic E-state index is 0.0556. The molecule has 1 aliphatic heterocycles. The molecule has 1 N–H and O–H groups in total. The van der Waals surface area contributed by atoms with Crippen LogP contribution in [0, 0.1) is 5.92 Å². The van der Waals surface area contributed by atoms with E-state index in [4.69, 9.17) is 19.8 Å². The van der Waals surface area contributed by atoms with Crippen molar-refractivity contribution < 1.29 is 9.53 Å². The number of anilines is 1. The maximum Gasteiger partial charge on any atom is 0.226 e. The Balaban J connectivity index is 1.50. The van der Waals surface area contributed by atoms with Crippen LogP contribution in [-0.4, -0.2) is 52.9 Å². The van der Waals surface area contributed by atoms with Crippen molar-refractivity contribution in [3.8, 4) is 17.0 Å². The van der Waals surface area contributed by atoms with E-state index in [1.54, 1.807) is 14.2 Å². The van der Waals surface area contributed by atoms with E-state index in [9.17, 15) is 4.79 Å². The van der Waals surface area contributed by atoms with E-state index in [0.717, 1.165) is 53.8 Å². The van der Waals surface area contributed by atoms with Crippen LogP contribution in [0.25, 0.3) is 22.2 Å². The first-order chi connectivity index (χ1) is 16.2. The third-order valence-corrected chi connectivity index (χ3v) is 7.11. The van der Waals surface area contributed by atoms with E-state index in [-0.39, 0.29) is 11.8 Å². The van der Waals surface area contributed by atoms with E-state index < -0.39 is 0 Å². The van der Waals surface area contributed by atoms with E-state index in [1.165, 1.54) is 32.1 Å². The third-order valence-electron chi connectivity index (χ3n) is 7.11. The predicted octanol–water partition coefficient (Wildman–Crippen LogP) is 3.97. The molecule has 2 aromatic heterocycles. The Morgan fingerprint density at radius 2 is 1.88 bits per heavy atom. The van der Waals surface area contributed by atoms with Gasteiger partial charge in [-0.15, -0.1) is 0 Å². The number of benzene rings is 1. The number of rotatable bonds is 5. The quantitative estimate of drug-likeness (QED) is 0.636. The molecule has 3 aromatic rings. The molecule has 8 heteroatoms. The van der Waals surface area contributed by atoms with E-state index in [0.29, 0.717) is 12.0 Å². The summed E-state index contributed by atoms with van der Waals surface area (Å²) in [5.74, 6) is 1.65. The minimum Gasteiger partial charge on any atom is -0.497 e. The second kappa shape index (κ2) is 9.37. The number of hydrogen-bond acceptors (Lipinski definition) is 6. The SMILES string of the molecule is CNC(=O)C1CCN(c2nc(-c3cnn(C4CCCCC4)c3)c3ccc(OC)cc3n2)CC1. The van der Waals surface area contributed by atoms with E-state index >= 15 is 0 Å². The first-order valence-electron chi connectivity index (χ1n) is 12.0. The molecule has 0 radical (unpaired) electrons. The van der Waals surface area contributed by atoms with Gasteiger partial charge in [-0.05, 0) is 37.8 Å². The number of ether oxygens (including phenoxy) is 1. The van der Waals surface area contributed by atoms with Crippen molar-refractivity contribution in [2.45, 2.75) is 51.0 Å². The molecule has 1 aromatic carbocycles. The van der Waals surface area contributed by atoms with Crippen molar-refractivity contribution in [1.29, 1.82) is 0 Å². The van der Waals surface area contributed by atoms with Crippen LogP contribution in [0.15, 0.2) is 30.6 Å². The Morgan fingerprint density at radius 3 is 2.61 bits per heavy atom. The lowest BCUT2D eigenvalue weighted by atomic mass is 9.96. The van der Waals surface area contributed by atoms with Crippen LogP contribution < -0.4 is 15.0 Å². The lowest BCUT2D eigenvalue weighted by molar-refractivity contribution is -0.125. The summed E-state index contributed by atoms with van der Waals surface area (Å²) in [4.78, 5) is 24.1. The molecule has 1 saturated heterocycles. The lowest BCUT2D eigenvalue weighted by Gasteiger charge is -2.31. The molecule has 174 valence electrons. The summed E-state index contributed by atoms with van der Waals surface area (Å²) in [6, 6.07) is 6.43. The molecule has 2 fully saturated rings. The summed E-state index contributed by atoms with van der Waals surface area (Å²) < 4.78 is 7.58. The number of methoxy groups -OCH3 is 1. The van der Waals surface area contributed by atoms with E-state index in [2.05, 4.69) is 21.1 Å². The third kappa shape index (κ3) is 4.38. The Kier molecular flexibility index (Phi) is 6.15. The maximum absolute atomic E-state index is 12.0. The van der Waals surface area contributed by atoms with Crippen LogP contribution in [0.1, 0.15) is 51.0 Å². The van der Waals surface area contributed by atoms with Crippen molar-refractivity contribution in [3.63, 3.8) is 0 Å². The van der Waals surface area contributed by atoms with Gasteiger partial charge in [-0.2, -0.15) is 5.10 Å². The molecule has 33 heavy (non-hydrogen) atoms. The van der Waals surface area contributed by atoms with Gasteiger partial charge in [0.15, 0.2) is 0 Å². The predicted molar refractivity (Wildman–Crippen MR) is 128 cm³/mol.